The summed E-state index contributed by atoms with van der Waals surface area (Å²) in [5.74, 6) is 0.757. The summed E-state index contributed by atoms with van der Waals surface area (Å²) in [6.07, 6.45) is 7.17. The van der Waals surface area contributed by atoms with Crippen LogP contribution in [0.4, 0.5) is 5.69 Å². The van der Waals surface area contributed by atoms with Crippen LogP contribution >= 0.6 is 0 Å². The Labute approximate surface area is 113 Å². The van der Waals surface area contributed by atoms with Crippen molar-refractivity contribution < 1.29 is 4.74 Å². The van der Waals surface area contributed by atoms with Crippen LogP contribution in [0.15, 0.2) is 30.5 Å². The zero-order valence-corrected chi connectivity index (χ0v) is 11.1. The molecule has 3 rings (SSSR count). The molecule has 0 atom stereocenters. The van der Waals surface area contributed by atoms with Crippen molar-refractivity contribution >= 4 is 16.6 Å². The first-order chi connectivity index (χ1) is 9.34. The monoisotopic (exact) mass is 256 g/mol. The van der Waals surface area contributed by atoms with Crippen molar-refractivity contribution in [2.75, 3.05) is 12.3 Å². The minimum absolute atomic E-state index is 0.629. The number of ether oxygens (including phenoxy) is 1. The van der Waals surface area contributed by atoms with Crippen molar-refractivity contribution in [2.45, 2.75) is 32.3 Å². The number of aromatic nitrogens is 1. The molecule has 19 heavy (non-hydrogen) atoms. The third-order valence-electron chi connectivity index (χ3n) is 3.97. The molecule has 1 fully saturated rings. The van der Waals surface area contributed by atoms with Gasteiger partial charge in [-0.1, -0.05) is 18.9 Å². The number of anilines is 1. The molecule has 1 heterocycles. The number of benzene rings is 1. The second-order valence-corrected chi connectivity index (χ2v) is 5.38. The molecular weight excluding hydrogens is 236 g/mol. The molecule has 1 aromatic heterocycles. The van der Waals surface area contributed by atoms with Gasteiger partial charge in [0.05, 0.1) is 12.1 Å². The molecule has 3 nitrogen and oxygen atoms in total. The van der Waals surface area contributed by atoms with Crippen LogP contribution in [0.5, 0.6) is 0 Å². The molecule has 0 unspecified atom stereocenters. The summed E-state index contributed by atoms with van der Waals surface area (Å²) >= 11 is 0. The first-order valence-corrected chi connectivity index (χ1v) is 7.04. The first-order valence-electron chi connectivity index (χ1n) is 7.04. The Hall–Kier alpha value is -1.61. The number of rotatable bonds is 4. The van der Waals surface area contributed by atoms with Crippen LogP contribution in [0.1, 0.15) is 31.2 Å². The van der Waals surface area contributed by atoms with E-state index >= 15 is 0 Å². The van der Waals surface area contributed by atoms with Crippen molar-refractivity contribution in [1.82, 2.24) is 4.98 Å². The highest BCUT2D eigenvalue weighted by molar-refractivity contribution is 5.92. The quantitative estimate of drug-likeness (QED) is 0.851. The maximum Gasteiger partial charge on any atom is 0.0777 e. The van der Waals surface area contributed by atoms with E-state index in [0.717, 1.165) is 34.7 Å². The number of nitrogens with zero attached hydrogens (tertiary/aromatic N) is 1. The molecule has 1 aliphatic rings. The topological polar surface area (TPSA) is 48.1 Å². The number of hydrogen-bond acceptors (Lipinski definition) is 3. The minimum atomic E-state index is 0.629. The predicted molar refractivity (Wildman–Crippen MR) is 77.8 cm³/mol. The van der Waals surface area contributed by atoms with Crippen molar-refractivity contribution in [1.29, 1.82) is 0 Å². The van der Waals surface area contributed by atoms with Gasteiger partial charge in [-0.2, -0.15) is 0 Å². The lowest BCUT2D eigenvalue weighted by Gasteiger charge is -2.11. The summed E-state index contributed by atoms with van der Waals surface area (Å²) in [4.78, 5) is 4.43. The lowest BCUT2D eigenvalue weighted by atomic mass is 10.1. The van der Waals surface area contributed by atoms with Crippen LogP contribution in [0, 0.1) is 5.92 Å². The molecule has 100 valence electrons. The molecule has 0 aliphatic heterocycles. The Kier molecular flexibility index (Phi) is 3.65. The molecule has 0 spiro atoms. The Morgan fingerprint density at radius 1 is 1.21 bits per heavy atom. The van der Waals surface area contributed by atoms with Gasteiger partial charge in [0.25, 0.3) is 0 Å². The average Bonchev–Trinajstić information content (AvgIpc) is 2.95. The number of fused-ring (bicyclic) bond motifs is 1. The summed E-state index contributed by atoms with van der Waals surface area (Å²) in [6, 6.07) is 7.90. The van der Waals surface area contributed by atoms with Crippen molar-refractivity contribution in [3.8, 4) is 0 Å². The van der Waals surface area contributed by atoms with E-state index in [1.54, 1.807) is 0 Å². The van der Waals surface area contributed by atoms with Crippen LogP contribution in [-0.4, -0.2) is 11.6 Å². The Morgan fingerprint density at radius 3 is 2.89 bits per heavy atom. The van der Waals surface area contributed by atoms with E-state index in [-0.39, 0.29) is 0 Å². The molecule has 0 saturated heterocycles. The van der Waals surface area contributed by atoms with E-state index in [1.165, 1.54) is 25.7 Å². The third kappa shape index (κ3) is 2.71. The van der Waals surface area contributed by atoms with Gasteiger partial charge in [0.15, 0.2) is 0 Å². The SMILES string of the molecule is Nc1ccc(COCC2CCCC2)c2ncccc12. The van der Waals surface area contributed by atoms with Gasteiger partial charge >= 0.3 is 0 Å². The molecule has 2 N–H and O–H groups in total. The molecule has 1 saturated carbocycles. The number of hydrogen-bond donors (Lipinski definition) is 1. The maximum absolute atomic E-state index is 5.97. The summed E-state index contributed by atoms with van der Waals surface area (Å²) < 4.78 is 5.87. The molecule has 0 radical (unpaired) electrons. The molecule has 1 aliphatic carbocycles. The number of nitrogens with two attached hydrogens (primary N) is 1. The van der Waals surface area contributed by atoms with Gasteiger partial charge in [0.1, 0.15) is 0 Å². The minimum Gasteiger partial charge on any atom is -0.398 e. The highest BCUT2D eigenvalue weighted by atomic mass is 16.5. The van der Waals surface area contributed by atoms with Gasteiger partial charge in [-0.15, -0.1) is 0 Å². The zero-order valence-electron chi connectivity index (χ0n) is 11.1. The van der Waals surface area contributed by atoms with Crippen LogP contribution < -0.4 is 5.73 Å². The van der Waals surface area contributed by atoms with E-state index in [4.69, 9.17) is 10.5 Å². The van der Waals surface area contributed by atoms with E-state index in [2.05, 4.69) is 4.98 Å². The predicted octanol–water partition coefficient (Wildman–Crippen LogP) is 3.52. The average molecular weight is 256 g/mol. The molecule has 3 heteroatoms. The summed E-state index contributed by atoms with van der Waals surface area (Å²) in [7, 11) is 0. The van der Waals surface area contributed by atoms with Crippen molar-refractivity contribution in [2.24, 2.45) is 5.92 Å². The second kappa shape index (κ2) is 5.57. The number of pyridine rings is 1. The van der Waals surface area contributed by atoms with Gasteiger partial charge in [-0.3, -0.25) is 4.98 Å². The van der Waals surface area contributed by atoms with Gasteiger partial charge in [-0.05, 0) is 37.0 Å². The molecule has 2 aromatic rings. The van der Waals surface area contributed by atoms with Crippen LogP contribution in [-0.2, 0) is 11.3 Å². The fourth-order valence-electron chi connectivity index (χ4n) is 2.88. The highest BCUT2D eigenvalue weighted by Crippen LogP contribution is 2.26. The van der Waals surface area contributed by atoms with Crippen LogP contribution in [0.2, 0.25) is 0 Å². The summed E-state index contributed by atoms with van der Waals surface area (Å²) in [5, 5.41) is 1.02. The normalized spacial score (nSPS) is 16.2. The fraction of sp³-hybridized carbons (Fsp3) is 0.438. The summed E-state index contributed by atoms with van der Waals surface area (Å²) in [5.41, 5.74) is 8.85. The van der Waals surface area contributed by atoms with Crippen LogP contribution in [0.25, 0.3) is 10.9 Å². The Balaban J connectivity index is 1.72. The number of nitrogen functional groups attached to an aromatic ring is 1. The fourth-order valence-corrected chi connectivity index (χ4v) is 2.88. The molecule has 1 aromatic carbocycles. The smallest absolute Gasteiger partial charge is 0.0777 e. The Bertz CT molecular complexity index is 562. The van der Waals surface area contributed by atoms with Crippen LogP contribution in [0.3, 0.4) is 0 Å². The largest absolute Gasteiger partial charge is 0.398 e. The lowest BCUT2D eigenvalue weighted by molar-refractivity contribution is 0.0895. The first kappa shape index (κ1) is 12.4. The Morgan fingerprint density at radius 2 is 2.05 bits per heavy atom. The molecule has 0 bridgehead atoms. The van der Waals surface area contributed by atoms with Gasteiger partial charge in [-0.25, -0.2) is 0 Å². The maximum atomic E-state index is 5.97. The van der Waals surface area contributed by atoms with E-state index in [0.29, 0.717) is 6.61 Å². The lowest BCUT2D eigenvalue weighted by Crippen LogP contribution is -2.06. The third-order valence-corrected chi connectivity index (χ3v) is 3.97. The van der Waals surface area contributed by atoms with E-state index in [1.807, 2.05) is 30.5 Å². The van der Waals surface area contributed by atoms with Gasteiger partial charge in [0.2, 0.25) is 0 Å². The molecular formula is C16H20N2O. The van der Waals surface area contributed by atoms with Gasteiger partial charge < -0.3 is 10.5 Å². The molecule has 0 amide bonds. The van der Waals surface area contributed by atoms with Crippen molar-refractivity contribution in [3.63, 3.8) is 0 Å². The zero-order chi connectivity index (χ0) is 13.1. The van der Waals surface area contributed by atoms with Crippen molar-refractivity contribution in [3.05, 3.63) is 36.0 Å². The summed E-state index contributed by atoms with van der Waals surface area (Å²) in [6.45, 7) is 1.50. The standard InChI is InChI=1S/C16H20N2O/c17-15-8-7-13(16-14(15)6-3-9-18-16)11-19-10-12-4-1-2-5-12/h3,6-9,12H,1-2,4-5,10-11,17H2. The van der Waals surface area contributed by atoms with Gasteiger partial charge in [0, 0.05) is 29.4 Å². The van der Waals surface area contributed by atoms with E-state index in [9.17, 15) is 0 Å². The van der Waals surface area contributed by atoms with E-state index < -0.39 is 0 Å². The highest BCUT2D eigenvalue weighted by Gasteiger charge is 2.15. The second-order valence-electron chi connectivity index (χ2n) is 5.38.